The van der Waals surface area contributed by atoms with Crippen LogP contribution in [-0.4, -0.2) is 60.2 Å². The van der Waals surface area contributed by atoms with Crippen molar-refractivity contribution in [2.75, 3.05) is 48.8 Å². The number of ether oxygens (including phenoxy) is 1. The molecular weight excluding hydrogens is 400 g/mol. The number of nitro groups is 1. The zero-order valence-electron chi connectivity index (χ0n) is 18.7. The quantitative estimate of drug-likeness (QED) is 0.263. The zero-order chi connectivity index (χ0) is 23.0. The molecule has 0 aliphatic heterocycles. The predicted octanol–water partition coefficient (Wildman–Crippen LogP) is 3.10. The maximum Gasteiger partial charge on any atom is 0.353 e. The molecule has 1 aromatic heterocycles. The lowest BCUT2D eigenvalue weighted by Crippen LogP contribution is -2.33. The molecule has 0 bridgehead atoms. The highest BCUT2D eigenvalue weighted by molar-refractivity contribution is 5.78. The van der Waals surface area contributed by atoms with Crippen molar-refractivity contribution in [3.05, 3.63) is 46.8 Å². The van der Waals surface area contributed by atoms with Crippen molar-refractivity contribution in [1.82, 2.24) is 9.97 Å². The predicted molar refractivity (Wildman–Crippen MR) is 121 cm³/mol. The van der Waals surface area contributed by atoms with Crippen LogP contribution in [0.1, 0.15) is 27.2 Å². The number of hydrogen-bond donors (Lipinski definition) is 1. The summed E-state index contributed by atoms with van der Waals surface area (Å²) in [6, 6.07) is 9.96. The Balaban J connectivity index is 2.02. The third-order valence-corrected chi connectivity index (χ3v) is 4.29. The molecule has 0 unspecified atom stereocenters. The van der Waals surface area contributed by atoms with Gasteiger partial charge in [0.05, 0.1) is 4.92 Å². The van der Waals surface area contributed by atoms with Crippen molar-refractivity contribution in [2.45, 2.75) is 32.8 Å². The molecule has 0 radical (unpaired) electrons. The first-order valence-corrected chi connectivity index (χ1v) is 10.0. The molecule has 0 atom stereocenters. The summed E-state index contributed by atoms with van der Waals surface area (Å²) in [5.41, 5.74) is 0.182. The number of hydrogen-bond acceptors (Lipinski definition) is 9. The van der Waals surface area contributed by atoms with E-state index in [4.69, 9.17) is 4.74 Å². The van der Waals surface area contributed by atoms with E-state index >= 15 is 0 Å². The van der Waals surface area contributed by atoms with E-state index in [9.17, 15) is 14.9 Å². The van der Waals surface area contributed by atoms with Crippen LogP contribution in [0.5, 0.6) is 0 Å². The lowest BCUT2D eigenvalue weighted by molar-refractivity contribution is -0.383. The molecule has 0 amide bonds. The summed E-state index contributed by atoms with van der Waals surface area (Å²) in [4.78, 5) is 34.8. The van der Waals surface area contributed by atoms with E-state index in [1.165, 1.54) is 11.2 Å². The summed E-state index contributed by atoms with van der Waals surface area (Å²) < 4.78 is 5.28. The van der Waals surface area contributed by atoms with Gasteiger partial charge in [0, 0.05) is 32.9 Å². The number of esters is 1. The van der Waals surface area contributed by atoms with Gasteiger partial charge >= 0.3 is 11.7 Å². The number of benzene rings is 1. The molecule has 168 valence electrons. The summed E-state index contributed by atoms with van der Waals surface area (Å²) in [5, 5.41) is 14.7. The van der Waals surface area contributed by atoms with E-state index in [2.05, 4.69) is 20.2 Å². The number of carbonyl (C=O) groups excluding carboxylic acids is 1. The number of likely N-dealkylation sites (N-methyl/N-ethyl adjacent to an activating group) is 1. The van der Waals surface area contributed by atoms with Crippen LogP contribution < -0.4 is 15.1 Å². The van der Waals surface area contributed by atoms with Crippen LogP contribution in [0.2, 0.25) is 0 Å². The molecule has 0 spiro atoms. The van der Waals surface area contributed by atoms with Crippen LogP contribution in [0.15, 0.2) is 36.7 Å². The molecule has 0 saturated heterocycles. The molecule has 1 heterocycles. The molecule has 1 aromatic carbocycles. The molecule has 10 nitrogen and oxygen atoms in total. The van der Waals surface area contributed by atoms with Crippen molar-refractivity contribution in [3.63, 3.8) is 0 Å². The van der Waals surface area contributed by atoms with Crippen LogP contribution >= 0.6 is 0 Å². The highest BCUT2D eigenvalue weighted by Crippen LogP contribution is 2.31. The molecule has 2 aromatic rings. The maximum atomic E-state index is 12.1. The van der Waals surface area contributed by atoms with Gasteiger partial charge in [-0.1, -0.05) is 18.2 Å². The molecule has 0 aliphatic rings. The van der Waals surface area contributed by atoms with Crippen molar-refractivity contribution < 1.29 is 14.5 Å². The lowest BCUT2D eigenvalue weighted by Gasteiger charge is -2.23. The monoisotopic (exact) mass is 430 g/mol. The van der Waals surface area contributed by atoms with Crippen molar-refractivity contribution in [3.8, 4) is 0 Å². The first-order chi connectivity index (χ1) is 14.6. The summed E-state index contributed by atoms with van der Waals surface area (Å²) in [6.45, 7) is 6.36. The molecular formula is C21H30N6O4. The average molecular weight is 431 g/mol. The van der Waals surface area contributed by atoms with Gasteiger partial charge in [0.15, 0.2) is 0 Å². The standard InChI is InChI=1S/C21H30N6O4/c1-21(2,3)31-17(28)14-26(5)20-18(27(29)30)19(23-15-24-20)22-12-9-13-25(4)16-10-7-6-8-11-16/h6-8,10-11,15H,9,12-14H2,1-5H3,(H,22,23,24). The van der Waals surface area contributed by atoms with E-state index < -0.39 is 16.5 Å². The number of nitrogens with one attached hydrogen (secondary N) is 1. The van der Waals surface area contributed by atoms with E-state index in [-0.39, 0.29) is 23.9 Å². The minimum Gasteiger partial charge on any atom is -0.459 e. The van der Waals surface area contributed by atoms with Crippen LogP contribution in [0, 0.1) is 10.1 Å². The molecule has 2 rings (SSSR count). The number of anilines is 3. The Morgan fingerprint density at radius 3 is 2.45 bits per heavy atom. The Morgan fingerprint density at radius 2 is 1.84 bits per heavy atom. The van der Waals surface area contributed by atoms with Gasteiger partial charge < -0.3 is 19.9 Å². The number of aromatic nitrogens is 2. The van der Waals surface area contributed by atoms with Crippen LogP contribution in [0.25, 0.3) is 0 Å². The topological polar surface area (TPSA) is 114 Å². The van der Waals surface area contributed by atoms with Gasteiger partial charge in [0.25, 0.3) is 0 Å². The highest BCUT2D eigenvalue weighted by atomic mass is 16.6. The summed E-state index contributed by atoms with van der Waals surface area (Å²) >= 11 is 0. The van der Waals surface area contributed by atoms with Gasteiger partial charge in [-0.15, -0.1) is 0 Å². The molecule has 1 N–H and O–H groups in total. The Hall–Kier alpha value is -3.43. The number of carbonyl (C=O) groups is 1. The summed E-state index contributed by atoms with van der Waals surface area (Å²) in [6.07, 6.45) is 1.99. The minimum absolute atomic E-state index is 0.0507. The van der Waals surface area contributed by atoms with Gasteiger partial charge in [0.2, 0.25) is 11.6 Å². The fraction of sp³-hybridized carbons (Fsp3) is 0.476. The fourth-order valence-corrected chi connectivity index (χ4v) is 2.92. The number of para-hydroxylation sites is 1. The average Bonchev–Trinajstić information content (AvgIpc) is 2.69. The summed E-state index contributed by atoms with van der Waals surface area (Å²) in [7, 11) is 3.55. The van der Waals surface area contributed by atoms with Crippen LogP contribution in [0.4, 0.5) is 23.0 Å². The second-order valence-electron chi connectivity index (χ2n) is 8.13. The smallest absolute Gasteiger partial charge is 0.353 e. The van der Waals surface area contributed by atoms with Crippen molar-refractivity contribution in [2.24, 2.45) is 0 Å². The lowest BCUT2D eigenvalue weighted by atomic mass is 10.2. The van der Waals surface area contributed by atoms with Crippen molar-refractivity contribution >= 4 is 29.0 Å². The number of rotatable bonds is 10. The number of nitrogens with zero attached hydrogens (tertiary/aromatic N) is 5. The molecule has 0 saturated carbocycles. The molecule has 10 heteroatoms. The molecule has 0 aliphatic carbocycles. The SMILES string of the molecule is CN(CCCNc1ncnc(N(C)CC(=O)OC(C)(C)C)c1[N+](=O)[O-])c1ccccc1. The largest absolute Gasteiger partial charge is 0.459 e. The van der Waals surface area contributed by atoms with E-state index in [1.54, 1.807) is 27.8 Å². The first kappa shape index (κ1) is 23.8. The minimum atomic E-state index is -0.644. The van der Waals surface area contributed by atoms with Gasteiger partial charge in [-0.05, 0) is 39.3 Å². The van der Waals surface area contributed by atoms with E-state index in [0.717, 1.165) is 18.7 Å². The Kier molecular flexibility index (Phi) is 8.12. The second kappa shape index (κ2) is 10.6. The normalized spacial score (nSPS) is 11.0. The maximum absolute atomic E-state index is 12.1. The summed E-state index contributed by atoms with van der Waals surface area (Å²) in [5.74, 6) is -0.329. The van der Waals surface area contributed by atoms with E-state index in [1.807, 2.05) is 37.4 Å². The first-order valence-electron chi connectivity index (χ1n) is 10.0. The third kappa shape index (κ3) is 7.40. The second-order valence-corrected chi connectivity index (χ2v) is 8.13. The zero-order valence-corrected chi connectivity index (χ0v) is 18.7. The van der Waals surface area contributed by atoms with Crippen molar-refractivity contribution in [1.29, 1.82) is 0 Å². The Morgan fingerprint density at radius 1 is 1.16 bits per heavy atom. The van der Waals surface area contributed by atoms with Gasteiger partial charge in [0.1, 0.15) is 18.5 Å². The Labute approximate surface area is 182 Å². The van der Waals surface area contributed by atoms with Gasteiger partial charge in [-0.2, -0.15) is 0 Å². The highest BCUT2D eigenvalue weighted by Gasteiger charge is 2.27. The molecule has 0 fully saturated rings. The Bertz CT molecular complexity index is 885. The van der Waals surface area contributed by atoms with Crippen LogP contribution in [-0.2, 0) is 9.53 Å². The van der Waals surface area contributed by atoms with Gasteiger partial charge in [-0.25, -0.2) is 9.97 Å². The van der Waals surface area contributed by atoms with Crippen LogP contribution in [0.3, 0.4) is 0 Å². The van der Waals surface area contributed by atoms with Gasteiger partial charge in [-0.3, -0.25) is 14.9 Å². The molecule has 31 heavy (non-hydrogen) atoms. The third-order valence-electron chi connectivity index (χ3n) is 4.29. The van der Waals surface area contributed by atoms with E-state index in [0.29, 0.717) is 6.54 Å². The fourth-order valence-electron chi connectivity index (χ4n) is 2.92.